The lowest BCUT2D eigenvalue weighted by molar-refractivity contribution is 0.633. The minimum Gasteiger partial charge on any atom is -0.293 e. The molecule has 32 heavy (non-hydrogen) atoms. The van der Waals surface area contributed by atoms with Crippen LogP contribution in [0.15, 0.2) is 71.9 Å². The Labute approximate surface area is 182 Å². The molecule has 1 unspecified atom stereocenters. The Hall–Kier alpha value is -4.31. The molecule has 7 heteroatoms. The van der Waals surface area contributed by atoms with Crippen molar-refractivity contribution >= 4 is 21.9 Å². The van der Waals surface area contributed by atoms with Gasteiger partial charge in [0.2, 0.25) is 0 Å². The monoisotopic (exact) mass is 423 g/mol. The van der Waals surface area contributed by atoms with Crippen LogP contribution in [0.2, 0.25) is 0 Å². The molecule has 1 atom stereocenters. The zero-order chi connectivity index (χ0) is 22.4. The SMILES string of the molecule is CC(C#N)c1ccc(-n2c(=O)n(C)c3cnc4cc(F)c(-c5cccnc5)cc4c32)cc1. The Bertz CT molecular complexity index is 1580. The summed E-state index contributed by atoms with van der Waals surface area (Å²) in [4.78, 5) is 21.7. The molecule has 0 N–H and O–H groups in total. The molecule has 2 aromatic carbocycles. The molecule has 0 aliphatic rings. The summed E-state index contributed by atoms with van der Waals surface area (Å²) < 4.78 is 18.0. The Morgan fingerprint density at radius 1 is 1.12 bits per heavy atom. The van der Waals surface area contributed by atoms with Gasteiger partial charge in [-0.3, -0.25) is 19.1 Å². The summed E-state index contributed by atoms with van der Waals surface area (Å²) in [5.74, 6) is -0.652. The summed E-state index contributed by atoms with van der Waals surface area (Å²) in [5, 5.41) is 9.84. The molecule has 0 aliphatic carbocycles. The number of imidazole rings is 1. The predicted octanol–water partition coefficient (Wildman–Crippen LogP) is 4.71. The molecule has 6 nitrogen and oxygen atoms in total. The van der Waals surface area contributed by atoms with E-state index < -0.39 is 5.82 Å². The van der Waals surface area contributed by atoms with Crippen LogP contribution in [0.4, 0.5) is 4.39 Å². The van der Waals surface area contributed by atoms with Gasteiger partial charge in [0.25, 0.3) is 0 Å². The third-order valence-corrected chi connectivity index (χ3v) is 5.79. The van der Waals surface area contributed by atoms with E-state index in [-0.39, 0.29) is 11.6 Å². The fourth-order valence-corrected chi connectivity index (χ4v) is 3.99. The number of hydrogen-bond donors (Lipinski definition) is 0. The maximum Gasteiger partial charge on any atom is 0.333 e. The molecule has 0 amide bonds. The highest BCUT2D eigenvalue weighted by molar-refractivity contribution is 6.04. The molecule has 0 saturated heterocycles. The Morgan fingerprint density at radius 2 is 1.91 bits per heavy atom. The summed E-state index contributed by atoms with van der Waals surface area (Å²) in [6, 6.07) is 16.2. The van der Waals surface area contributed by atoms with Gasteiger partial charge in [-0.2, -0.15) is 5.26 Å². The van der Waals surface area contributed by atoms with Crippen molar-refractivity contribution in [3.63, 3.8) is 0 Å². The number of aromatic nitrogens is 4. The highest BCUT2D eigenvalue weighted by Crippen LogP contribution is 2.31. The quantitative estimate of drug-likeness (QED) is 0.421. The lowest BCUT2D eigenvalue weighted by Gasteiger charge is -2.10. The zero-order valence-corrected chi connectivity index (χ0v) is 17.5. The first-order valence-corrected chi connectivity index (χ1v) is 10.1. The summed E-state index contributed by atoms with van der Waals surface area (Å²) in [6.45, 7) is 1.83. The molecule has 0 saturated carbocycles. The van der Waals surface area contributed by atoms with E-state index >= 15 is 0 Å². The first-order chi connectivity index (χ1) is 15.5. The highest BCUT2D eigenvalue weighted by Gasteiger charge is 2.18. The third kappa shape index (κ3) is 2.96. The van der Waals surface area contributed by atoms with E-state index in [2.05, 4.69) is 16.0 Å². The van der Waals surface area contributed by atoms with E-state index in [1.807, 2.05) is 31.2 Å². The van der Waals surface area contributed by atoms with E-state index in [1.165, 1.54) is 10.6 Å². The number of nitriles is 1. The number of pyridine rings is 2. The van der Waals surface area contributed by atoms with Crippen LogP contribution >= 0.6 is 0 Å². The van der Waals surface area contributed by atoms with Crippen LogP contribution in [0, 0.1) is 17.1 Å². The van der Waals surface area contributed by atoms with Gasteiger partial charge in [-0.25, -0.2) is 9.18 Å². The summed E-state index contributed by atoms with van der Waals surface area (Å²) in [7, 11) is 1.69. The number of hydrogen-bond acceptors (Lipinski definition) is 4. The summed E-state index contributed by atoms with van der Waals surface area (Å²) >= 11 is 0. The van der Waals surface area contributed by atoms with Gasteiger partial charge in [0.1, 0.15) is 5.82 Å². The number of halogens is 1. The lowest BCUT2D eigenvalue weighted by atomic mass is 10.0. The number of nitrogens with zero attached hydrogens (tertiary/aromatic N) is 5. The van der Waals surface area contributed by atoms with Gasteiger partial charge >= 0.3 is 5.69 Å². The second kappa shape index (κ2) is 7.43. The maximum absolute atomic E-state index is 14.9. The molecular formula is C25H18FN5O. The van der Waals surface area contributed by atoms with Crippen molar-refractivity contribution in [3.05, 3.63) is 89.0 Å². The predicted molar refractivity (Wildman–Crippen MR) is 121 cm³/mol. The van der Waals surface area contributed by atoms with Crippen LogP contribution in [-0.4, -0.2) is 19.1 Å². The van der Waals surface area contributed by atoms with E-state index in [4.69, 9.17) is 0 Å². The smallest absolute Gasteiger partial charge is 0.293 e. The van der Waals surface area contributed by atoms with E-state index in [0.29, 0.717) is 38.8 Å². The molecule has 3 aromatic heterocycles. The molecule has 5 rings (SSSR count). The fraction of sp³-hybridized carbons (Fsp3) is 0.120. The van der Waals surface area contributed by atoms with Crippen LogP contribution in [-0.2, 0) is 7.05 Å². The topological polar surface area (TPSA) is 76.5 Å². The van der Waals surface area contributed by atoms with Crippen molar-refractivity contribution in [1.29, 1.82) is 5.26 Å². The Kier molecular flexibility index (Phi) is 4.56. The largest absolute Gasteiger partial charge is 0.333 e. The van der Waals surface area contributed by atoms with Crippen LogP contribution in [0.5, 0.6) is 0 Å². The van der Waals surface area contributed by atoms with Gasteiger partial charge in [-0.15, -0.1) is 0 Å². The standard InChI is InChI=1S/C25H18FN5O/c1-15(12-27)16-5-7-18(8-6-16)31-24-20-10-19(17-4-3-9-28-13-17)21(26)11-22(20)29-14-23(24)30(2)25(31)32/h3-11,13-15H,1-2H3. The first-order valence-electron chi connectivity index (χ1n) is 10.1. The minimum atomic E-state index is -0.406. The highest BCUT2D eigenvalue weighted by atomic mass is 19.1. The molecule has 0 fully saturated rings. The summed E-state index contributed by atoms with van der Waals surface area (Å²) in [6.07, 6.45) is 4.82. The Morgan fingerprint density at radius 3 is 2.59 bits per heavy atom. The number of rotatable bonds is 3. The number of aryl methyl sites for hydroxylation is 1. The molecule has 0 spiro atoms. The molecular weight excluding hydrogens is 405 g/mol. The van der Waals surface area contributed by atoms with Gasteiger partial charge in [0.15, 0.2) is 0 Å². The van der Waals surface area contributed by atoms with E-state index in [1.54, 1.807) is 48.4 Å². The van der Waals surface area contributed by atoms with Crippen molar-refractivity contribution < 1.29 is 4.39 Å². The van der Waals surface area contributed by atoms with Crippen molar-refractivity contribution in [3.8, 4) is 22.9 Å². The molecule has 0 bridgehead atoms. The average molecular weight is 423 g/mol. The summed E-state index contributed by atoms with van der Waals surface area (Å²) in [5.41, 5.74) is 4.07. The minimum absolute atomic E-state index is 0.234. The lowest BCUT2D eigenvalue weighted by Crippen LogP contribution is -2.20. The van der Waals surface area contributed by atoms with Crippen LogP contribution in [0.1, 0.15) is 18.4 Å². The second-order valence-corrected chi connectivity index (χ2v) is 7.70. The molecule has 156 valence electrons. The van der Waals surface area contributed by atoms with Gasteiger partial charge in [0, 0.05) is 42.0 Å². The van der Waals surface area contributed by atoms with Gasteiger partial charge in [0.05, 0.1) is 40.4 Å². The average Bonchev–Trinajstić information content (AvgIpc) is 3.09. The van der Waals surface area contributed by atoms with Crippen molar-refractivity contribution in [2.24, 2.45) is 7.05 Å². The van der Waals surface area contributed by atoms with Crippen LogP contribution in [0.3, 0.4) is 0 Å². The maximum atomic E-state index is 14.9. The zero-order valence-electron chi connectivity index (χ0n) is 17.5. The van der Waals surface area contributed by atoms with Crippen molar-refractivity contribution in [2.75, 3.05) is 0 Å². The molecule has 5 aromatic rings. The van der Waals surface area contributed by atoms with Crippen LogP contribution in [0.25, 0.3) is 38.8 Å². The molecule has 0 radical (unpaired) electrons. The van der Waals surface area contributed by atoms with Gasteiger partial charge in [-0.1, -0.05) is 18.2 Å². The Balaban J connectivity index is 1.83. The van der Waals surface area contributed by atoms with Gasteiger partial charge < -0.3 is 0 Å². The third-order valence-electron chi connectivity index (χ3n) is 5.79. The number of fused-ring (bicyclic) bond motifs is 3. The molecule has 0 aliphatic heterocycles. The van der Waals surface area contributed by atoms with Gasteiger partial charge in [-0.05, 0) is 36.8 Å². The van der Waals surface area contributed by atoms with Crippen LogP contribution < -0.4 is 5.69 Å². The first kappa shape index (κ1) is 19.6. The number of benzene rings is 2. The van der Waals surface area contributed by atoms with Crippen molar-refractivity contribution in [2.45, 2.75) is 12.8 Å². The molecule has 3 heterocycles. The fourth-order valence-electron chi connectivity index (χ4n) is 3.99. The normalized spacial score (nSPS) is 12.2. The second-order valence-electron chi connectivity index (χ2n) is 7.70. The van der Waals surface area contributed by atoms with E-state index in [0.717, 1.165) is 5.56 Å². The van der Waals surface area contributed by atoms with Crippen molar-refractivity contribution in [1.82, 2.24) is 19.1 Å². The van der Waals surface area contributed by atoms with E-state index in [9.17, 15) is 14.4 Å².